The smallest absolute Gasteiger partial charge is 0.247 e. The van der Waals surface area contributed by atoms with E-state index in [1.807, 2.05) is 0 Å². The molecule has 0 heterocycles. The first kappa shape index (κ1) is 12.3. The first-order chi connectivity index (χ1) is 5.85. The summed E-state index contributed by atoms with van der Waals surface area (Å²) in [5, 5.41) is 0. The predicted molar refractivity (Wildman–Crippen MR) is 35.3 cm³/mol. The third kappa shape index (κ3) is 7.67. The van der Waals surface area contributed by atoms with Crippen molar-refractivity contribution in [3.05, 3.63) is 12.4 Å². The minimum atomic E-state index is -4.65. The highest BCUT2D eigenvalue weighted by Gasteiger charge is 2.32. The van der Waals surface area contributed by atoms with Gasteiger partial charge >= 0.3 is 6.18 Å². The van der Waals surface area contributed by atoms with Gasteiger partial charge < -0.3 is 0 Å². The molecule has 0 saturated heterocycles. The molecule has 13 heavy (non-hydrogen) atoms. The SMILES string of the molecule is F/C=C/C(F)CC(F)CC(F)(F)F. The van der Waals surface area contributed by atoms with Crippen molar-refractivity contribution in [2.75, 3.05) is 0 Å². The Bertz CT molecular complexity index is 161. The molecule has 0 rings (SSSR count). The monoisotopic (exact) mass is 206 g/mol. The van der Waals surface area contributed by atoms with Crippen LogP contribution in [-0.2, 0) is 0 Å². The molecule has 0 aliphatic rings. The second-order valence-corrected chi connectivity index (χ2v) is 2.49. The molecule has 0 nitrogen and oxygen atoms in total. The van der Waals surface area contributed by atoms with Crippen LogP contribution in [0.3, 0.4) is 0 Å². The minimum absolute atomic E-state index is 0.162. The Balaban J connectivity index is 3.80. The Morgan fingerprint density at radius 1 is 1.15 bits per heavy atom. The first-order valence-electron chi connectivity index (χ1n) is 3.47. The largest absolute Gasteiger partial charge is 0.391 e. The summed E-state index contributed by atoms with van der Waals surface area (Å²) in [5.41, 5.74) is 0. The van der Waals surface area contributed by atoms with Crippen LogP contribution in [0.2, 0.25) is 0 Å². The van der Waals surface area contributed by atoms with E-state index in [4.69, 9.17) is 0 Å². The summed E-state index contributed by atoms with van der Waals surface area (Å²) in [6, 6.07) is 0. The highest BCUT2D eigenvalue weighted by Crippen LogP contribution is 2.25. The van der Waals surface area contributed by atoms with Crippen molar-refractivity contribution < 1.29 is 26.3 Å². The molecule has 0 spiro atoms. The van der Waals surface area contributed by atoms with E-state index in [1.54, 1.807) is 0 Å². The summed E-state index contributed by atoms with van der Waals surface area (Å²) in [6.07, 6.45) is -11.5. The fraction of sp³-hybridized carbons (Fsp3) is 0.714. The zero-order valence-electron chi connectivity index (χ0n) is 6.49. The topological polar surface area (TPSA) is 0 Å². The molecule has 0 aliphatic heterocycles. The second kappa shape index (κ2) is 5.14. The van der Waals surface area contributed by atoms with Gasteiger partial charge in [-0.3, -0.25) is 0 Å². The van der Waals surface area contributed by atoms with Gasteiger partial charge in [0.1, 0.15) is 12.3 Å². The van der Waals surface area contributed by atoms with E-state index in [-0.39, 0.29) is 6.33 Å². The van der Waals surface area contributed by atoms with Crippen LogP contribution in [0.4, 0.5) is 26.3 Å². The molecular weight excluding hydrogens is 198 g/mol. The van der Waals surface area contributed by atoms with Crippen molar-refractivity contribution in [1.29, 1.82) is 0 Å². The molecule has 0 aromatic rings. The van der Waals surface area contributed by atoms with Gasteiger partial charge in [-0.15, -0.1) is 0 Å². The maximum atomic E-state index is 12.4. The van der Waals surface area contributed by atoms with Crippen LogP contribution in [0.5, 0.6) is 0 Å². The van der Waals surface area contributed by atoms with Crippen molar-refractivity contribution >= 4 is 0 Å². The fourth-order valence-corrected chi connectivity index (χ4v) is 0.736. The van der Waals surface area contributed by atoms with Crippen molar-refractivity contribution in [3.63, 3.8) is 0 Å². The van der Waals surface area contributed by atoms with Gasteiger partial charge in [0.05, 0.1) is 12.8 Å². The van der Waals surface area contributed by atoms with Crippen molar-refractivity contribution in [2.45, 2.75) is 31.4 Å². The van der Waals surface area contributed by atoms with Gasteiger partial charge in [-0.05, 0) is 6.08 Å². The van der Waals surface area contributed by atoms with Gasteiger partial charge in [-0.1, -0.05) is 0 Å². The Morgan fingerprint density at radius 2 is 1.69 bits per heavy atom. The summed E-state index contributed by atoms with van der Waals surface area (Å²) < 4.78 is 70.4. The van der Waals surface area contributed by atoms with Crippen LogP contribution in [0.25, 0.3) is 0 Å². The third-order valence-corrected chi connectivity index (χ3v) is 1.22. The Kier molecular flexibility index (Phi) is 4.87. The maximum absolute atomic E-state index is 12.4. The molecule has 0 aromatic carbocycles. The zero-order valence-corrected chi connectivity index (χ0v) is 6.49. The molecule has 0 N–H and O–H groups in total. The number of hydrogen-bond donors (Lipinski definition) is 0. The van der Waals surface area contributed by atoms with E-state index in [1.165, 1.54) is 0 Å². The fourth-order valence-electron chi connectivity index (χ4n) is 0.736. The minimum Gasteiger partial charge on any atom is -0.247 e. The van der Waals surface area contributed by atoms with Crippen molar-refractivity contribution in [1.82, 2.24) is 0 Å². The summed E-state index contributed by atoms with van der Waals surface area (Å²) >= 11 is 0. The Morgan fingerprint density at radius 3 is 2.08 bits per heavy atom. The Labute approximate surface area is 71.2 Å². The molecule has 0 aromatic heterocycles. The van der Waals surface area contributed by atoms with Crippen LogP contribution in [0.15, 0.2) is 12.4 Å². The number of allylic oxidation sites excluding steroid dienone is 1. The van der Waals surface area contributed by atoms with Crippen LogP contribution in [-0.4, -0.2) is 18.5 Å². The van der Waals surface area contributed by atoms with Gasteiger partial charge in [0.25, 0.3) is 0 Å². The maximum Gasteiger partial charge on any atom is 0.391 e. The molecule has 6 heteroatoms. The van der Waals surface area contributed by atoms with Crippen LogP contribution in [0.1, 0.15) is 12.8 Å². The molecule has 0 amide bonds. The van der Waals surface area contributed by atoms with E-state index in [0.29, 0.717) is 6.08 Å². The quantitative estimate of drug-likeness (QED) is 0.617. The molecule has 0 bridgehead atoms. The normalized spacial score (nSPS) is 17.7. The lowest BCUT2D eigenvalue weighted by molar-refractivity contribution is -0.147. The molecule has 0 aliphatic carbocycles. The molecule has 2 unspecified atom stereocenters. The summed E-state index contributed by atoms with van der Waals surface area (Å²) in [5.74, 6) is 0. The van der Waals surface area contributed by atoms with Crippen LogP contribution >= 0.6 is 0 Å². The number of alkyl halides is 5. The van der Waals surface area contributed by atoms with E-state index in [9.17, 15) is 26.3 Å². The summed E-state index contributed by atoms with van der Waals surface area (Å²) in [7, 11) is 0. The van der Waals surface area contributed by atoms with Crippen LogP contribution < -0.4 is 0 Å². The molecule has 2 atom stereocenters. The molecule has 0 saturated carbocycles. The van der Waals surface area contributed by atoms with Gasteiger partial charge in [0, 0.05) is 6.42 Å². The number of rotatable bonds is 4. The number of hydrogen-bond acceptors (Lipinski definition) is 0. The van der Waals surface area contributed by atoms with Crippen molar-refractivity contribution in [3.8, 4) is 0 Å². The second-order valence-electron chi connectivity index (χ2n) is 2.49. The molecule has 0 radical (unpaired) electrons. The third-order valence-electron chi connectivity index (χ3n) is 1.22. The van der Waals surface area contributed by atoms with E-state index in [0.717, 1.165) is 0 Å². The van der Waals surface area contributed by atoms with Gasteiger partial charge in [0.2, 0.25) is 0 Å². The van der Waals surface area contributed by atoms with E-state index >= 15 is 0 Å². The average molecular weight is 206 g/mol. The van der Waals surface area contributed by atoms with E-state index in [2.05, 4.69) is 0 Å². The summed E-state index contributed by atoms with van der Waals surface area (Å²) in [4.78, 5) is 0. The lowest BCUT2D eigenvalue weighted by Crippen LogP contribution is -2.18. The summed E-state index contributed by atoms with van der Waals surface area (Å²) in [6.45, 7) is 0. The standard InChI is InChI=1S/C7H8F6/c8-2-1-5(9)3-6(10)4-7(11,12)13/h1-2,5-6H,3-4H2/b2-1+. The van der Waals surface area contributed by atoms with Gasteiger partial charge in [-0.2, -0.15) is 13.2 Å². The zero-order chi connectivity index (χ0) is 10.5. The van der Waals surface area contributed by atoms with Gasteiger partial charge in [0.15, 0.2) is 0 Å². The van der Waals surface area contributed by atoms with E-state index < -0.39 is 31.4 Å². The molecule has 0 fully saturated rings. The molecule has 78 valence electrons. The van der Waals surface area contributed by atoms with Gasteiger partial charge in [-0.25, -0.2) is 13.2 Å². The highest BCUT2D eigenvalue weighted by molar-refractivity contribution is 4.84. The number of halogens is 6. The van der Waals surface area contributed by atoms with Crippen LogP contribution in [0, 0.1) is 0 Å². The first-order valence-corrected chi connectivity index (χ1v) is 3.47. The highest BCUT2D eigenvalue weighted by atomic mass is 19.4. The lowest BCUT2D eigenvalue weighted by Gasteiger charge is -2.11. The predicted octanol–water partition coefficient (Wildman–Crippen LogP) is 3.49. The lowest BCUT2D eigenvalue weighted by atomic mass is 10.1. The Hall–Kier alpha value is -0.680. The molecular formula is C7H8F6. The average Bonchev–Trinajstić information content (AvgIpc) is 1.81. The van der Waals surface area contributed by atoms with Crippen molar-refractivity contribution in [2.24, 2.45) is 0 Å².